The monoisotopic (exact) mass is 352 g/mol. The molecule has 4 nitrogen and oxygen atoms in total. The number of hydrogen-bond donors (Lipinski definition) is 1. The fraction of sp³-hybridized carbons (Fsp3) is 0.455. The number of nitrogens with zero attached hydrogens (tertiary/aromatic N) is 1. The highest BCUT2D eigenvalue weighted by molar-refractivity contribution is 9.10. The molecular formula is C11H17BrN2O2S2. The molecule has 1 aromatic carbocycles. The zero-order valence-corrected chi connectivity index (χ0v) is 13.8. The Hall–Kier alpha value is -0.240. The molecule has 7 heteroatoms. The van der Waals surface area contributed by atoms with Crippen molar-refractivity contribution in [2.45, 2.75) is 17.9 Å². The van der Waals surface area contributed by atoms with Crippen LogP contribution in [0.4, 0.5) is 5.69 Å². The van der Waals surface area contributed by atoms with Crippen molar-refractivity contribution < 1.29 is 8.42 Å². The van der Waals surface area contributed by atoms with Crippen LogP contribution in [-0.2, 0) is 10.0 Å². The summed E-state index contributed by atoms with van der Waals surface area (Å²) in [5.74, 6) is 0.752. The first-order valence-electron chi connectivity index (χ1n) is 5.32. The van der Waals surface area contributed by atoms with Gasteiger partial charge >= 0.3 is 0 Å². The molecule has 0 saturated heterocycles. The Kier molecular flexibility index (Phi) is 5.51. The van der Waals surface area contributed by atoms with E-state index in [1.165, 1.54) is 10.4 Å². The molecule has 0 bridgehead atoms. The van der Waals surface area contributed by atoms with Crippen molar-refractivity contribution in [2.75, 3.05) is 24.8 Å². The molecule has 1 aromatic rings. The van der Waals surface area contributed by atoms with E-state index in [-0.39, 0.29) is 10.9 Å². The lowest BCUT2D eigenvalue weighted by Gasteiger charge is -2.23. The fourth-order valence-corrected chi connectivity index (χ4v) is 3.88. The van der Waals surface area contributed by atoms with Gasteiger partial charge < -0.3 is 5.73 Å². The largest absolute Gasteiger partial charge is 0.398 e. The molecule has 0 saturated carbocycles. The van der Waals surface area contributed by atoms with Crippen molar-refractivity contribution in [3.05, 3.63) is 22.7 Å². The second kappa shape index (κ2) is 6.27. The minimum Gasteiger partial charge on any atom is -0.398 e. The van der Waals surface area contributed by atoms with Gasteiger partial charge in [-0.2, -0.15) is 16.1 Å². The van der Waals surface area contributed by atoms with E-state index >= 15 is 0 Å². The Morgan fingerprint density at radius 1 is 1.50 bits per heavy atom. The SMILES string of the molecule is CSCC(C)N(C)S(=O)(=O)c1ccc(Br)c(N)c1. The van der Waals surface area contributed by atoms with E-state index in [0.717, 1.165) is 5.75 Å². The summed E-state index contributed by atoms with van der Waals surface area (Å²) in [5, 5.41) is 0. The fourth-order valence-electron chi connectivity index (χ4n) is 1.43. The zero-order chi connectivity index (χ0) is 13.9. The summed E-state index contributed by atoms with van der Waals surface area (Å²) in [6.45, 7) is 1.89. The summed E-state index contributed by atoms with van der Waals surface area (Å²) in [5.41, 5.74) is 6.14. The number of anilines is 1. The van der Waals surface area contributed by atoms with Crippen molar-refractivity contribution in [3.63, 3.8) is 0 Å². The normalized spacial score (nSPS) is 13.8. The summed E-state index contributed by atoms with van der Waals surface area (Å²) < 4.78 is 26.8. The van der Waals surface area contributed by atoms with Crippen LogP contribution in [0.2, 0.25) is 0 Å². The van der Waals surface area contributed by atoms with E-state index in [2.05, 4.69) is 15.9 Å². The molecule has 1 unspecified atom stereocenters. The number of nitrogen functional groups attached to an aromatic ring is 1. The van der Waals surface area contributed by atoms with Crippen LogP contribution in [0, 0.1) is 0 Å². The topological polar surface area (TPSA) is 63.4 Å². The molecule has 0 spiro atoms. The third kappa shape index (κ3) is 3.40. The average molecular weight is 353 g/mol. The minimum absolute atomic E-state index is 0.0603. The first-order valence-corrected chi connectivity index (χ1v) is 8.95. The van der Waals surface area contributed by atoms with Gasteiger partial charge in [0.15, 0.2) is 0 Å². The Labute approximate surface area is 121 Å². The van der Waals surface area contributed by atoms with E-state index in [0.29, 0.717) is 10.2 Å². The molecule has 0 aliphatic rings. The van der Waals surface area contributed by atoms with Crippen molar-refractivity contribution >= 4 is 43.4 Å². The Morgan fingerprint density at radius 3 is 2.61 bits per heavy atom. The maximum Gasteiger partial charge on any atom is 0.243 e. The average Bonchev–Trinajstić information content (AvgIpc) is 2.31. The third-order valence-corrected chi connectivity index (χ3v) is 6.18. The molecule has 0 radical (unpaired) electrons. The first-order chi connectivity index (χ1) is 8.30. The van der Waals surface area contributed by atoms with Crippen LogP contribution in [0.1, 0.15) is 6.92 Å². The number of sulfonamides is 1. The molecule has 0 amide bonds. The van der Waals surface area contributed by atoms with Crippen LogP contribution in [-0.4, -0.2) is 37.8 Å². The first kappa shape index (κ1) is 15.8. The van der Waals surface area contributed by atoms with Crippen LogP contribution >= 0.6 is 27.7 Å². The predicted octanol–water partition coefficient (Wildman–Crippen LogP) is 2.40. The molecule has 2 N–H and O–H groups in total. The second-order valence-electron chi connectivity index (χ2n) is 4.01. The molecule has 1 atom stereocenters. The molecule has 0 aromatic heterocycles. The summed E-state index contributed by atoms with van der Waals surface area (Å²) in [6, 6.07) is 4.62. The van der Waals surface area contributed by atoms with Gasteiger partial charge in [-0.3, -0.25) is 0 Å². The predicted molar refractivity (Wildman–Crippen MR) is 81.3 cm³/mol. The van der Waals surface area contributed by atoms with Crippen molar-refractivity contribution in [1.82, 2.24) is 4.31 Å². The molecular weight excluding hydrogens is 336 g/mol. The van der Waals surface area contributed by atoms with Gasteiger partial charge in [-0.25, -0.2) is 8.42 Å². The smallest absolute Gasteiger partial charge is 0.243 e. The molecule has 0 fully saturated rings. The quantitative estimate of drug-likeness (QED) is 0.826. The summed E-state index contributed by atoms with van der Waals surface area (Å²) >= 11 is 4.87. The summed E-state index contributed by atoms with van der Waals surface area (Å²) in [6.07, 6.45) is 1.95. The van der Waals surface area contributed by atoms with Gasteiger partial charge in [-0.15, -0.1) is 0 Å². The number of benzene rings is 1. The molecule has 0 heterocycles. The molecule has 18 heavy (non-hydrogen) atoms. The van der Waals surface area contributed by atoms with Crippen molar-refractivity contribution in [3.8, 4) is 0 Å². The summed E-state index contributed by atoms with van der Waals surface area (Å²) in [4.78, 5) is 0.221. The second-order valence-corrected chi connectivity index (χ2v) is 7.77. The zero-order valence-electron chi connectivity index (χ0n) is 10.6. The van der Waals surface area contributed by atoms with Crippen LogP contribution in [0.25, 0.3) is 0 Å². The van der Waals surface area contributed by atoms with Gasteiger partial charge in [0.05, 0.1) is 4.90 Å². The van der Waals surface area contributed by atoms with Gasteiger partial charge in [0.1, 0.15) is 0 Å². The summed E-state index contributed by atoms with van der Waals surface area (Å²) in [7, 11) is -1.89. The molecule has 102 valence electrons. The Balaban J connectivity index is 3.09. The maximum absolute atomic E-state index is 12.4. The number of hydrogen-bond acceptors (Lipinski definition) is 4. The Morgan fingerprint density at radius 2 is 2.11 bits per heavy atom. The highest BCUT2D eigenvalue weighted by Crippen LogP contribution is 2.25. The lowest BCUT2D eigenvalue weighted by Crippen LogP contribution is -2.36. The van der Waals surface area contributed by atoms with Crippen LogP contribution in [0.15, 0.2) is 27.6 Å². The lowest BCUT2D eigenvalue weighted by molar-refractivity contribution is 0.415. The minimum atomic E-state index is -3.48. The number of rotatable bonds is 5. The van der Waals surface area contributed by atoms with E-state index in [9.17, 15) is 8.42 Å². The van der Waals surface area contributed by atoms with Crippen molar-refractivity contribution in [2.24, 2.45) is 0 Å². The van der Waals surface area contributed by atoms with E-state index in [4.69, 9.17) is 5.73 Å². The van der Waals surface area contributed by atoms with Crippen LogP contribution in [0.5, 0.6) is 0 Å². The maximum atomic E-state index is 12.4. The van der Waals surface area contributed by atoms with Gasteiger partial charge in [0.25, 0.3) is 0 Å². The molecule has 1 rings (SSSR count). The number of halogens is 1. The lowest BCUT2D eigenvalue weighted by atomic mass is 10.3. The number of nitrogens with two attached hydrogens (primary N) is 1. The third-order valence-electron chi connectivity index (χ3n) is 2.67. The van der Waals surface area contributed by atoms with E-state index in [1.807, 2.05) is 13.2 Å². The van der Waals surface area contributed by atoms with E-state index < -0.39 is 10.0 Å². The highest BCUT2D eigenvalue weighted by Gasteiger charge is 2.25. The van der Waals surface area contributed by atoms with Gasteiger partial charge in [-0.1, -0.05) is 0 Å². The number of thioether (sulfide) groups is 1. The van der Waals surface area contributed by atoms with Crippen molar-refractivity contribution in [1.29, 1.82) is 0 Å². The molecule has 0 aliphatic heterocycles. The van der Waals surface area contributed by atoms with Crippen LogP contribution < -0.4 is 5.73 Å². The standard InChI is InChI=1S/C11H17BrN2O2S2/c1-8(7-17-3)14(2)18(15,16)9-4-5-10(12)11(13)6-9/h4-6,8H,7,13H2,1-3H3. The molecule has 0 aliphatic carbocycles. The Bertz CT molecular complexity index is 520. The van der Waals surface area contributed by atoms with Gasteiger partial charge in [0.2, 0.25) is 10.0 Å². The highest BCUT2D eigenvalue weighted by atomic mass is 79.9. The van der Waals surface area contributed by atoms with Crippen LogP contribution in [0.3, 0.4) is 0 Å². The van der Waals surface area contributed by atoms with Gasteiger partial charge in [0, 0.05) is 29.0 Å². The van der Waals surface area contributed by atoms with E-state index in [1.54, 1.807) is 30.9 Å². The van der Waals surface area contributed by atoms with Gasteiger partial charge in [-0.05, 0) is 47.3 Å².